The van der Waals surface area contributed by atoms with Crippen LogP contribution in [-0.2, 0) is 6.42 Å². The minimum Gasteiger partial charge on any atom is -0.497 e. The lowest BCUT2D eigenvalue weighted by Crippen LogP contribution is -2.09. The van der Waals surface area contributed by atoms with Crippen LogP contribution in [0.25, 0.3) is 0 Å². The molecule has 1 unspecified atom stereocenters. The standard InChI is InChI=1S/C16H23N3OS/c1-5-14(12-6-8-13(20-4)9-7-12)17-16-19-18-15(21-16)10-11(2)3/h6-9,11,14H,5,10H2,1-4H3,(H,17,19). The molecule has 114 valence electrons. The van der Waals surface area contributed by atoms with Gasteiger partial charge in [0.15, 0.2) is 0 Å². The molecule has 0 aliphatic rings. The summed E-state index contributed by atoms with van der Waals surface area (Å²) < 4.78 is 5.20. The Hall–Kier alpha value is -1.62. The number of methoxy groups -OCH3 is 1. The van der Waals surface area contributed by atoms with Crippen molar-refractivity contribution in [1.82, 2.24) is 10.2 Å². The van der Waals surface area contributed by atoms with Gasteiger partial charge < -0.3 is 10.1 Å². The summed E-state index contributed by atoms with van der Waals surface area (Å²) >= 11 is 1.65. The second kappa shape index (κ2) is 7.41. The van der Waals surface area contributed by atoms with Crippen molar-refractivity contribution in [1.29, 1.82) is 0 Å². The molecule has 21 heavy (non-hydrogen) atoms. The SMILES string of the molecule is CCC(Nc1nnc(CC(C)C)s1)c1ccc(OC)cc1. The number of ether oxygens (including phenoxy) is 1. The molecule has 1 heterocycles. The van der Waals surface area contributed by atoms with Crippen molar-refractivity contribution in [3.05, 3.63) is 34.8 Å². The Morgan fingerprint density at radius 2 is 1.90 bits per heavy atom. The lowest BCUT2D eigenvalue weighted by Gasteiger charge is -2.16. The maximum Gasteiger partial charge on any atom is 0.206 e. The lowest BCUT2D eigenvalue weighted by molar-refractivity contribution is 0.414. The molecule has 0 fully saturated rings. The molecule has 0 aliphatic heterocycles. The summed E-state index contributed by atoms with van der Waals surface area (Å²) in [5.41, 5.74) is 1.24. The van der Waals surface area contributed by atoms with Crippen LogP contribution in [0.3, 0.4) is 0 Å². The maximum absolute atomic E-state index is 5.20. The fourth-order valence-electron chi connectivity index (χ4n) is 2.15. The molecule has 1 atom stereocenters. The van der Waals surface area contributed by atoms with E-state index in [1.165, 1.54) is 5.56 Å². The third kappa shape index (κ3) is 4.43. The van der Waals surface area contributed by atoms with E-state index in [1.54, 1.807) is 18.4 Å². The van der Waals surface area contributed by atoms with Crippen molar-refractivity contribution in [3.8, 4) is 5.75 Å². The van der Waals surface area contributed by atoms with Crippen LogP contribution in [0.5, 0.6) is 5.75 Å². The smallest absolute Gasteiger partial charge is 0.206 e. The predicted octanol–water partition coefficient (Wildman–Crippen LogP) is 4.31. The summed E-state index contributed by atoms with van der Waals surface area (Å²) in [5, 5.41) is 14.0. The number of aromatic nitrogens is 2. The first-order valence-corrected chi connectivity index (χ1v) is 8.16. The monoisotopic (exact) mass is 305 g/mol. The van der Waals surface area contributed by atoms with Crippen molar-refractivity contribution in [3.63, 3.8) is 0 Å². The average molecular weight is 305 g/mol. The number of benzene rings is 1. The van der Waals surface area contributed by atoms with E-state index in [-0.39, 0.29) is 6.04 Å². The minimum absolute atomic E-state index is 0.246. The van der Waals surface area contributed by atoms with Gasteiger partial charge in [0, 0.05) is 6.42 Å². The quantitative estimate of drug-likeness (QED) is 0.828. The first-order chi connectivity index (χ1) is 10.1. The summed E-state index contributed by atoms with van der Waals surface area (Å²) in [6.07, 6.45) is 1.98. The van der Waals surface area contributed by atoms with Gasteiger partial charge >= 0.3 is 0 Å². The third-order valence-corrected chi connectivity index (χ3v) is 4.15. The maximum atomic E-state index is 5.20. The van der Waals surface area contributed by atoms with Crippen LogP contribution in [0.4, 0.5) is 5.13 Å². The molecular weight excluding hydrogens is 282 g/mol. The Labute approximate surface area is 130 Å². The van der Waals surface area contributed by atoms with E-state index in [1.807, 2.05) is 12.1 Å². The Kier molecular flexibility index (Phi) is 5.56. The van der Waals surface area contributed by atoms with Crippen LogP contribution < -0.4 is 10.1 Å². The average Bonchev–Trinajstić information content (AvgIpc) is 2.91. The molecule has 4 nitrogen and oxygen atoms in total. The van der Waals surface area contributed by atoms with E-state index in [2.05, 4.69) is 48.4 Å². The van der Waals surface area contributed by atoms with E-state index in [4.69, 9.17) is 4.74 Å². The number of hydrogen-bond donors (Lipinski definition) is 1. The number of nitrogens with one attached hydrogen (secondary N) is 1. The van der Waals surface area contributed by atoms with Crippen LogP contribution in [0.1, 0.15) is 43.8 Å². The van der Waals surface area contributed by atoms with Crippen LogP contribution in [0, 0.1) is 5.92 Å². The van der Waals surface area contributed by atoms with Gasteiger partial charge in [-0.25, -0.2) is 0 Å². The Morgan fingerprint density at radius 3 is 2.48 bits per heavy atom. The van der Waals surface area contributed by atoms with Crippen LogP contribution in [0.2, 0.25) is 0 Å². The Morgan fingerprint density at radius 1 is 1.19 bits per heavy atom. The Bertz CT molecular complexity index is 551. The van der Waals surface area contributed by atoms with Crippen molar-refractivity contribution in [2.24, 2.45) is 5.92 Å². The minimum atomic E-state index is 0.246. The molecular formula is C16H23N3OS. The van der Waals surface area contributed by atoms with Crippen molar-refractivity contribution in [2.75, 3.05) is 12.4 Å². The highest BCUT2D eigenvalue weighted by Crippen LogP contribution is 2.26. The Balaban J connectivity index is 2.05. The predicted molar refractivity (Wildman–Crippen MR) is 88.1 cm³/mol. The molecule has 0 saturated heterocycles. The summed E-state index contributed by atoms with van der Waals surface area (Å²) in [6, 6.07) is 8.41. The summed E-state index contributed by atoms with van der Waals surface area (Å²) in [5.74, 6) is 1.48. The summed E-state index contributed by atoms with van der Waals surface area (Å²) in [7, 11) is 1.68. The molecule has 1 N–H and O–H groups in total. The molecule has 5 heteroatoms. The molecule has 0 radical (unpaired) electrons. The van der Waals surface area contributed by atoms with E-state index < -0.39 is 0 Å². The highest BCUT2D eigenvalue weighted by atomic mass is 32.1. The van der Waals surface area contributed by atoms with E-state index in [0.29, 0.717) is 5.92 Å². The zero-order valence-corrected chi connectivity index (χ0v) is 13.9. The van der Waals surface area contributed by atoms with Gasteiger partial charge in [-0.05, 0) is 30.0 Å². The second-order valence-corrected chi connectivity index (χ2v) is 6.54. The molecule has 0 spiro atoms. The number of hydrogen-bond acceptors (Lipinski definition) is 5. The van der Waals surface area contributed by atoms with E-state index in [0.717, 1.165) is 28.7 Å². The number of nitrogens with zero attached hydrogens (tertiary/aromatic N) is 2. The normalized spacial score (nSPS) is 12.4. The number of anilines is 1. The second-order valence-electron chi connectivity index (χ2n) is 5.48. The van der Waals surface area contributed by atoms with Gasteiger partial charge in [0.25, 0.3) is 0 Å². The fourth-order valence-corrected chi connectivity index (χ4v) is 3.15. The van der Waals surface area contributed by atoms with E-state index in [9.17, 15) is 0 Å². The highest BCUT2D eigenvalue weighted by molar-refractivity contribution is 7.15. The largest absolute Gasteiger partial charge is 0.497 e. The third-order valence-electron chi connectivity index (χ3n) is 3.27. The topological polar surface area (TPSA) is 47.0 Å². The zero-order chi connectivity index (χ0) is 15.2. The van der Waals surface area contributed by atoms with E-state index >= 15 is 0 Å². The van der Waals surface area contributed by atoms with Gasteiger partial charge in [0.1, 0.15) is 10.8 Å². The molecule has 1 aromatic carbocycles. The molecule has 0 aliphatic carbocycles. The summed E-state index contributed by atoms with van der Waals surface area (Å²) in [6.45, 7) is 6.55. The van der Waals surface area contributed by atoms with Gasteiger partial charge in [-0.1, -0.05) is 44.2 Å². The molecule has 2 aromatic rings. The van der Waals surface area contributed by atoms with Gasteiger partial charge in [0.05, 0.1) is 13.2 Å². The van der Waals surface area contributed by atoms with Crippen molar-refractivity contribution >= 4 is 16.5 Å². The van der Waals surface area contributed by atoms with Crippen LogP contribution >= 0.6 is 11.3 Å². The number of rotatable bonds is 7. The van der Waals surface area contributed by atoms with Crippen LogP contribution in [-0.4, -0.2) is 17.3 Å². The molecule has 0 saturated carbocycles. The zero-order valence-electron chi connectivity index (χ0n) is 13.1. The first kappa shape index (κ1) is 15.8. The first-order valence-electron chi connectivity index (χ1n) is 7.35. The van der Waals surface area contributed by atoms with Crippen molar-refractivity contribution in [2.45, 2.75) is 39.7 Å². The van der Waals surface area contributed by atoms with Gasteiger partial charge in [-0.3, -0.25) is 0 Å². The molecule has 0 bridgehead atoms. The van der Waals surface area contributed by atoms with Gasteiger partial charge in [0.2, 0.25) is 5.13 Å². The molecule has 2 rings (SSSR count). The van der Waals surface area contributed by atoms with Crippen molar-refractivity contribution < 1.29 is 4.74 Å². The fraction of sp³-hybridized carbons (Fsp3) is 0.500. The lowest BCUT2D eigenvalue weighted by atomic mass is 10.0. The molecule has 1 aromatic heterocycles. The molecule has 0 amide bonds. The van der Waals surface area contributed by atoms with Crippen LogP contribution in [0.15, 0.2) is 24.3 Å². The highest BCUT2D eigenvalue weighted by Gasteiger charge is 2.13. The van der Waals surface area contributed by atoms with Gasteiger partial charge in [-0.2, -0.15) is 0 Å². The van der Waals surface area contributed by atoms with Gasteiger partial charge in [-0.15, -0.1) is 10.2 Å². The summed E-state index contributed by atoms with van der Waals surface area (Å²) in [4.78, 5) is 0.